The molecule has 158 valence electrons. The van der Waals surface area contributed by atoms with Gasteiger partial charge in [0.25, 0.3) is 11.8 Å². The Kier molecular flexibility index (Phi) is 5.96. The van der Waals surface area contributed by atoms with E-state index in [2.05, 4.69) is 15.6 Å². The molecule has 1 aliphatic heterocycles. The number of rotatable bonds is 6. The lowest BCUT2D eigenvalue weighted by molar-refractivity contribution is -0.125. The topological polar surface area (TPSA) is 104 Å². The van der Waals surface area contributed by atoms with Crippen LogP contribution in [0.3, 0.4) is 0 Å². The third-order valence-electron chi connectivity index (χ3n) is 4.81. The number of amides is 2. The van der Waals surface area contributed by atoms with Crippen molar-refractivity contribution in [1.82, 2.24) is 15.2 Å². The number of anilines is 1. The molecule has 1 aromatic heterocycles. The SMILES string of the molecule is CNC(=O)c1cc2c(c(/C(=C/N(C)C)c3cc[nH]c3C=O)c1)OC(C(C)C)C(=O)N2. The summed E-state index contributed by atoms with van der Waals surface area (Å²) in [6.07, 6.45) is 3.60. The third-order valence-corrected chi connectivity index (χ3v) is 4.81. The van der Waals surface area contributed by atoms with Crippen molar-refractivity contribution in [3.05, 3.63) is 53.0 Å². The number of H-pyrrole nitrogens is 1. The van der Waals surface area contributed by atoms with Gasteiger partial charge in [-0.05, 0) is 24.1 Å². The minimum absolute atomic E-state index is 0.0521. The molecule has 8 heteroatoms. The van der Waals surface area contributed by atoms with E-state index in [-0.39, 0.29) is 17.7 Å². The van der Waals surface area contributed by atoms with Gasteiger partial charge in [-0.2, -0.15) is 0 Å². The average molecular weight is 410 g/mol. The molecule has 0 aliphatic carbocycles. The maximum atomic E-state index is 12.5. The number of benzene rings is 1. The Labute approximate surface area is 175 Å². The molecule has 0 fully saturated rings. The van der Waals surface area contributed by atoms with Crippen LogP contribution in [0.15, 0.2) is 30.6 Å². The molecule has 0 spiro atoms. The molecule has 0 saturated carbocycles. The number of hydrogen-bond acceptors (Lipinski definition) is 5. The molecule has 30 heavy (non-hydrogen) atoms. The molecule has 0 radical (unpaired) electrons. The Hall–Kier alpha value is -3.55. The number of ether oxygens (including phenoxy) is 1. The Bertz CT molecular complexity index is 1020. The molecular weight excluding hydrogens is 384 g/mol. The number of aromatic amines is 1. The zero-order chi connectivity index (χ0) is 22.0. The first kappa shape index (κ1) is 21.2. The second kappa shape index (κ2) is 8.44. The van der Waals surface area contributed by atoms with E-state index < -0.39 is 6.10 Å². The lowest BCUT2D eigenvalue weighted by Gasteiger charge is -2.31. The van der Waals surface area contributed by atoms with Crippen molar-refractivity contribution in [3.63, 3.8) is 0 Å². The highest BCUT2D eigenvalue weighted by atomic mass is 16.5. The molecule has 8 nitrogen and oxygen atoms in total. The predicted molar refractivity (Wildman–Crippen MR) is 115 cm³/mol. The summed E-state index contributed by atoms with van der Waals surface area (Å²) in [5.74, 6) is -0.144. The van der Waals surface area contributed by atoms with Crippen LogP contribution in [0, 0.1) is 5.92 Å². The summed E-state index contributed by atoms with van der Waals surface area (Å²) in [4.78, 5) is 41.3. The summed E-state index contributed by atoms with van der Waals surface area (Å²) in [7, 11) is 5.27. The number of hydrogen-bond donors (Lipinski definition) is 3. The van der Waals surface area contributed by atoms with Crippen LogP contribution in [0.25, 0.3) is 5.57 Å². The number of fused-ring (bicyclic) bond motifs is 1. The van der Waals surface area contributed by atoms with Gasteiger partial charge in [-0.1, -0.05) is 13.8 Å². The second-order valence-corrected chi connectivity index (χ2v) is 7.68. The Balaban J connectivity index is 2.30. The van der Waals surface area contributed by atoms with Gasteiger partial charge in [0.15, 0.2) is 18.1 Å². The van der Waals surface area contributed by atoms with E-state index in [1.165, 1.54) is 0 Å². The van der Waals surface area contributed by atoms with Gasteiger partial charge >= 0.3 is 0 Å². The van der Waals surface area contributed by atoms with Crippen molar-refractivity contribution in [2.45, 2.75) is 20.0 Å². The molecule has 1 atom stereocenters. The number of aldehydes is 1. The highest BCUT2D eigenvalue weighted by molar-refractivity contribution is 6.04. The van der Waals surface area contributed by atoms with E-state index in [9.17, 15) is 14.4 Å². The summed E-state index contributed by atoms with van der Waals surface area (Å²) in [5, 5.41) is 5.48. The van der Waals surface area contributed by atoms with Crippen LogP contribution >= 0.6 is 0 Å². The van der Waals surface area contributed by atoms with E-state index in [4.69, 9.17) is 4.74 Å². The summed E-state index contributed by atoms with van der Waals surface area (Å²) < 4.78 is 6.14. The van der Waals surface area contributed by atoms with Crippen LogP contribution in [-0.2, 0) is 4.79 Å². The van der Waals surface area contributed by atoms with Crippen LogP contribution in [-0.4, -0.2) is 55.2 Å². The van der Waals surface area contributed by atoms with Gasteiger partial charge in [-0.3, -0.25) is 14.4 Å². The molecule has 3 rings (SSSR count). The van der Waals surface area contributed by atoms with Gasteiger partial charge in [-0.15, -0.1) is 0 Å². The molecule has 1 aromatic carbocycles. The van der Waals surface area contributed by atoms with Gasteiger partial charge in [0.05, 0.1) is 11.4 Å². The summed E-state index contributed by atoms with van der Waals surface area (Å²) in [6, 6.07) is 5.10. The average Bonchev–Trinajstić information content (AvgIpc) is 3.18. The van der Waals surface area contributed by atoms with Crippen LogP contribution in [0.2, 0.25) is 0 Å². The number of carbonyl (C=O) groups is 3. The molecule has 2 amide bonds. The third kappa shape index (κ3) is 3.94. The van der Waals surface area contributed by atoms with E-state index in [1.54, 1.807) is 31.4 Å². The summed E-state index contributed by atoms with van der Waals surface area (Å²) >= 11 is 0. The molecular formula is C22H26N4O4. The zero-order valence-corrected chi connectivity index (χ0v) is 17.7. The van der Waals surface area contributed by atoms with E-state index >= 15 is 0 Å². The van der Waals surface area contributed by atoms with Crippen LogP contribution in [0.1, 0.15) is 45.8 Å². The van der Waals surface area contributed by atoms with Gasteiger partial charge in [0.1, 0.15) is 0 Å². The van der Waals surface area contributed by atoms with Crippen molar-refractivity contribution in [1.29, 1.82) is 0 Å². The fourth-order valence-electron chi connectivity index (χ4n) is 3.40. The molecule has 1 unspecified atom stereocenters. The van der Waals surface area contributed by atoms with Crippen molar-refractivity contribution in [2.75, 3.05) is 26.5 Å². The van der Waals surface area contributed by atoms with E-state index in [0.717, 1.165) is 6.29 Å². The zero-order valence-electron chi connectivity index (χ0n) is 17.7. The van der Waals surface area contributed by atoms with Crippen molar-refractivity contribution >= 4 is 29.4 Å². The summed E-state index contributed by atoms with van der Waals surface area (Å²) in [6.45, 7) is 3.81. The normalized spacial score (nSPS) is 15.9. The quantitative estimate of drug-likeness (QED) is 0.635. The van der Waals surface area contributed by atoms with Crippen LogP contribution < -0.4 is 15.4 Å². The van der Waals surface area contributed by atoms with Gasteiger partial charge in [0, 0.05) is 55.8 Å². The molecule has 0 bridgehead atoms. The van der Waals surface area contributed by atoms with Gasteiger partial charge < -0.3 is 25.3 Å². The largest absolute Gasteiger partial charge is 0.477 e. The van der Waals surface area contributed by atoms with Crippen LogP contribution in [0.5, 0.6) is 5.75 Å². The minimum atomic E-state index is -0.667. The lowest BCUT2D eigenvalue weighted by atomic mass is 9.93. The molecule has 1 aliphatic rings. The predicted octanol–water partition coefficient (Wildman–Crippen LogP) is 2.49. The Morgan fingerprint density at radius 3 is 2.60 bits per heavy atom. The number of carbonyl (C=O) groups excluding carboxylic acids is 3. The maximum Gasteiger partial charge on any atom is 0.265 e. The standard InChI is InChI=1S/C22H26N4O4/c1-12(2)19-22(29)25-17-9-13(21(28)23-3)8-15(20(17)30-19)16(10-26(4)5)14-6-7-24-18(14)11-27/h6-12,19,24H,1-5H3,(H,23,28)(H,25,29)/b16-10+. The van der Waals surface area contributed by atoms with E-state index in [0.29, 0.717) is 39.4 Å². The summed E-state index contributed by atoms with van der Waals surface area (Å²) in [5.41, 5.74) is 3.14. The maximum absolute atomic E-state index is 12.5. The molecule has 3 N–H and O–H groups in total. The van der Waals surface area contributed by atoms with E-state index in [1.807, 2.05) is 39.0 Å². The lowest BCUT2D eigenvalue weighted by Crippen LogP contribution is -2.41. The first-order chi connectivity index (χ1) is 14.3. The molecule has 2 aromatic rings. The Morgan fingerprint density at radius 2 is 2.00 bits per heavy atom. The van der Waals surface area contributed by atoms with Crippen molar-refractivity contribution in [2.24, 2.45) is 5.92 Å². The number of aromatic nitrogens is 1. The fraction of sp³-hybridized carbons (Fsp3) is 0.318. The monoisotopic (exact) mass is 410 g/mol. The van der Waals surface area contributed by atoms with Crippen molar-refractivity contribution in [3.8, 4) is 5.75 Å². The van der Waals surface area contributed by atoms with Crippen molar-refractivity contribution < 1.29 is 19.1 Å². The molecule has 0 saturated heterocycles. The molecule has 2 heterocycles. The first-order valence-electron chi connectivity index (χ1n) is 9.66. The smallest absolute Gasteiger partial charge is 0.265 e. The second-order valence-electron chi connectivity index (χ2n) is 7.68. The highest BCUT2D eigenvalue weighted by Crippen LogP contribution is 2.42. The van der Waals surface area contributed by atoms with Gasteiger partial charge in [-0.25, -0.2) is 0 Å². The fourth-order valence-corrected chi connectivity index (χ4v) is 3.40. The first-order valence-corrected chi connectivity index (χ1v) is 9.66. The van der Waals surface area contributed by atoms with Gasteiger partial charge in [0.2, 0.25) is 0 Å². The Morgan fingerprint density at radius 1 is 1.27 bits per heavy atom. The highest BCUT2D eigenvalue weighted by Gasteiger charge is 2.33. The number of nitrogens with zero attached hydrogens (tertiary/aromatic N) is 1. The van der Waals surface area contributed by atoms with Crippen LogP contribution in [0.4, 0.5) is 5.69 Å². The number of nitrogens with one attached hydrogen (secondary N) is 3. The minimum Gasteiger partial charge on any atom is -0.477 e.